The van der Waals surface area contributed by atoms with E-state index in [-0.39, 0.29) is 10.6 Å². The quantitative estimate of drug-likeness (QED) is 0.220. The molecule has 5 heteroatoms. The first-order valence-corrected chi connectivity index (χ1v) is 9.96. The van der Waals surface area contributed by atoms with Gasteiger partial charge in [0.05, 0.1) is 26.1 Å². The van der Waals surface area contributed by atoms with Crippen molar-refractivity contribution in [3.8, 4) is 16.8 Å². The molecule has 5 aromatic rings. The minimum Gasteiger partial charge on any atom is -0.309 e. The molecular weight excluding hydrogens is 428 g/mol. The Kier molecular flexibility index (Phi) is 4.18. The molecule has 0 aliphatic heterocycles. The van der Waals surface area contributed by atoms with Crippen LogP contribution in [0.15, 0.2) is 95.5 Å². The van der Waals surface area contributed by atoms with E-state index >= 15 is 0 Å². The third-order valence-corrected chi connectivity index (χ3v) is 5.82. The summed E-state index contributed by atoms with van der Waals surface area (Å²) in [5.41, 5.74) is 5.27. The lowest BCUT2D eigenvalue weighted by Gasteiger charge is -2.14. The molecule has 1 heterocycles. The highest BCUT2D eigenvalue weighted by atomic mass is 79.9. The van der Waals surface area contributed by atoms with Gasteiger partial charge in [0.1, 0.15) is 0 Å². The van der Waals surface area contributed by atoms with Crippen LogP contribution in [0.4, 0.5) is 5.69 Å². The molecule has 0 unspecified atom stereocenters. The second-order valence-corrected chi connectivity index (χ2v) is 7.66. The zero-order valence-electron chi connectivity index (χ0n) is 15.2. The highest BCUT2D eigenvalue weighted by molar-refractivity contribution is 9.10. The SMILES string of the molecule is O=[N+]([O-])c1ccc(-c2ccccc2-n2c3ccccc3c3ccccc32)cc1Br. The summed E-state index contributed by atoms with van der Waals surface area (Å²) >= 11 is 3.35. The molecule has 0 saturated carbocycles. The number of benzene rings is 4. The Morgan fingerprint density at radius 3 is 1.97 bits per heavy atom. The van der Waals surface area contributed by atoms with Crippen molar-refractivity contribution in [2.75, 3.05) is 0 Å². The lowest BCUT2D eigenvalue weighted by molar-refractivity contribution is -0.385. The first-order valence-electron chi connectivity index (χ1n) is 9.17. The molecule has 1 aromatic heterocycles. The van der Waals surface area contributed by atoms with Crippen LogP contribution in [-0.4, -0.2) is 9.49 Å². The molecule has 29 heavy (non-hydrogen) atoms. The van der Waals surface area contributed by atoms with Gasteiger partial charge in [0.15, 0.2) is 0 Å². The highest BCUT2D eigenvalue weighted by Crippen LogP contribution is 2.37. The summed E-state index contributed by atoms with van der Waals surface area (Å²) in [6, 6.07) is 30.0. The van der Waals surface area contributed by atoms with Crippen LogP contribution < -0.4 is 0 Å². The Labute approximate surface area is 175 Å². The predicted molar refractivity (Wildman–Crippen MR) is 121 cm³/mol. The normalized spacial score (nSPS) is 11.2. The summed E-state index contributed by atoms with van der Waals surface area (Å²) in [5.74, 6) is 0. The molecule has 140 valence electrons. The van der Waals surface area contributed by atoms with Crippen LogP contribution in [0.25, 0.3) is 38.6 Å². The number of nitrogens with zero attached hydrogens (tertiary/aromatic N) is 2. The number of rotatable bonds is 3. The number of hydrogen-bond donors (Lipinski definition) is 0. The molecular formula is C24H15BrN2O2. The maximum Gasteiger partial charge on any atom is 0.283 e. The minimum atomic E-state index is -0.382. The van der Waals surface area contributed by atoms with Gasteiger partial charge in [0.25, 0.3) is 5.69 Å². The van der Waals surface area contributed by atoms with Crippen molar-refractivity contribution in [2.24, 2.45) is 0 Å². The van der Waals surface area contributed by atoms with Crippen LogP contribution in [-0.2, 0) is 0 Å². The second kappa shape index (κ2) is 6.87. The molecule has 0 radical (unpaired) electrons. The zero-order valence-corrected chi connectivity index (χ0v) is 16.8. The Morgan fingerprint density at radius 2 is 1.34 bits per heavy atom. The molecule has 0 fully saturated rings. The van der Waals surface area contributed by atoms with Crippen LogP contribution in [0.1, 0.15) is 0 Å². The van der Waals surface area contributed by atoms with Crippen molar-refractivity contribution in [3.63, 3.8) is 0 Å². The minimum absolute atomic E-state index is 0.0584. The van der Waals surface area contributed by atoms with E-state index in [2.05, 4.69) is 63.0 Å². The monoisotopic (exact) mass is 442 g/mol. The molecule has 5 rings (SSSR count). The summed E-state index contributed by atoms with van der Waals surface area (Å²) in [7, 11) is 0. The number of para-hydroxylation sites is 3. The number of nitro benzene ring substituents is 1. The van der Waals surface area contributed by atoms with Crippen molar-refractivity contribution >= 4 is 43.4 Å². The van der Waals surface area contributed by atoms with E-state index < -0.39 is 0 Å². The van der Waals surface area contributed by atoms with Gasteiger partial charge in [-0.25, -0.2) is 0 Å². The number of aromatic nitrogens is 1. The van der Waals surface area contributed by atoms with Crippen molar-refractivity contribution in [1.82, 2.24) is 4.57 Å². The van der Waals surface area contributed by atoms with Gasteiger partial charge < -0.3 is 4.57 Å². The van der Waals surface area contributed by atoms with E-state index in [1.54, 1.807) is 12.1 Å². The number of hydrogen-bond acceptors (Lipinski definition) is 2. The van der Waals surface area contributed by atoms with Gasteiger partial charge in [-0.3, -0.25) is 10.1 Å². The summed E-state index contributed by atoms with van der Waals surface area (Å²) in [6.45, 7) is 0. The van der Waals surface area contributed by atoms with Gasteiger partial charge in [-0.15, -0.1) is 0 Å². The maximum absolute atomic E-state index is 11.2. The van der Waals surface area contributed by atoms with Gasteiger partial charge in [0, 0.05) is 22.4 Å². The fourth-order valence-electron chi connectivity index (χ4n) is 3.92. The number of halogens is 1. The van der Waals surface area contributed by atoms with Crippen LogP contribution in [0.5, 0.6) is 0 Å². The summed E-state index contributed by atoms with van der Waals surface area (Å²) in [5, 5.41) is 13.6. The number of fused-ring (bicyclic) bond motifs is 3. The molecule has 0 bridgehead atoms. The topological polar surface area (TPSA) is 48.1 Å². The summed E-state index contributed by atoms with van der Waals surface area (Å²) < 4.78 is 2.73. The van der Waals surface area contributed by atoms with Gasteiger partial charge in [-0.1, -0.05) is 54.6 Å². The molecule has 4 nitrogen and oxygen atoms in total. The van der Waals surface area contributed by atoms with Crippen LogP contribution >= 0.6 is 15.9 Å². The fraction of sp³-hybridized carbons (Fsp3) is 0. The average molecular weight is 443 g/mol. The molecule has 0 aliphatic carbocycles. The van der Waals surface area contributed by atoms with Crippen LogP contribution in [0.3, 0.4) is 0 Å². The van der Waals surface area contributed by atoms with Crippen molar-refractivity contribution in [2.45, 2.75) is 0 Å². The van der Waals surface area contributed by atoms with Crippen molar-refractivity contribution < 1.29 is 4.92 Å². The molecule has 0 saturated heterocycles. The largest absolute Gasteiger partial charge is 0.309 e. The van der Waals surface area contributed by atoms with E-state index in [1.165, 1.54) is 10.8 Å². The summed E-state index contributed by atoms with van der Waals surface area (Å²) in [6.07, 6.45) is 0. The maximum atomic E-state index is 11.2. The zero-order chi connectivity index (χ0) is 20.0. The smallest absolute Gasteiger partial charge is 0.283 e. The Balaban J connectivity index is 1.82. The summed E-state index contributed by atoms with van der Waals surface area (Å²) in [4.78, 5) is 10.8. The standard InChI is InChI=1S/C24H15BrN2O2/c25-20-15-16(13-14-24(20)27(28)29)17-7-1-4-10-21(17)26-22-11-5-2-8-18(22)19-9-3-6-12-23(19)26/h1-15H. The Morgan fingerprint density at radius 1 is 0.759 bits per heavy atom. The molecule has 4 aromatic carbocycles. The first-order chi connectivity index (χ1) is 14.1. The van der Waals surface area contributed by atoms with Gasteiger partial charge in [-0.2, -0.15) is 0 Å². The van der Waals surface area contributed by atoms with Gasteiger partial charge in [0.2, 0.25) is 0 Å². The third kappa shape index (κ3) is 2.82. The highest BCUT2D eigenvalue weighted by Gasteiger charge is 2.17. The molecule has 0 aliphatic rings. The average Bonchev–Trinajstić information content (AvgIpc) is 3.08. The van der Waals surface area contributed by atoms with E-state index in [0.29, 0.717) is 4.47 Å². The fourth-order valence-corrected chi connectivity index (χ4v) is 4.44. The Hall–Kier alpha value is -3.44. The van der Waals surface area contributed by atoms with Crippen LogP contribution in [0.2, 0.25) is 0 Å². The first kappa shape index (κ1) is 17.6. The van der Waals surface area contributed by atoms with Crippen molar-refractivity contribution in [3.05, 3.63) is 106 Å². The van der Waals surface area contributed by atoms with E-state index in [0.717, 1.165) is 27.8 Å². The lowest BCUT2D eigenvalue weighted by Crippen LogP contribution is -1.97. The molecule has 0 spiro atoms. The lowest BCUT2D eigenvalue weighted by atomic mass is 10.0. The number of nitro groups is 1. The molecule has 0 amide bonds. The van der Waals surface area contributed by atoms with Gasteiger partial charge in [-0.05, 0) is 51.8 Å². The van der Waals surface area contributed by atoms with Gasteiger partial charge >= 0.3 is 0 Å². The van der Waals surface area contributed by atoms with E-state index in [4.69, 9.17) is 0 Å². The van der Waals surface area contributed by atoms with E-state index in [1.807, 2.05) is 36.4 Å². The van der Waals surface area contributed by atoms with Crippen molar-refractivity contribution in [1.29, 1.82) is 0 Å². The molecule has 0 N–H and O–H groups in total. The predicted octanol–water partition coefficient (Wildman–Crippen LogP) is 7.12. The third-order valence-electron chi connectivity index (χ3n) is 5.18. The Bertz CT molecular complexity index is 1350. The second-order valence-electron chi connectivity index (χ2n) is 6.81. The van der Waals surface area contributed by atoms with E-state index in [9.17, 15) is 10.1 Å². The van der Waals surface area contributed by atoms with Crippen LogP contribution in [0, 0.1) is 10.1 Å². The molecule has 0 atom stereocenters.